The maximum absolute atomic E-state index is 13.6. The van der Waals surface area contributed by atoms with Crippen molar-refractivity contribution >= 4 is 39.5 Å². The number of rotatable bonds is 4. The van der Waals surface area contributed by atoms with E-state index in [2.05, 4.69) is 15.9 Å². The molecule has 1 unspecified atom stereocenters. The molecule has 0 fully saturated rings. The summed E-state index contributed by atoms with van der Waals surface area (Å²) in [6, 6.07) is 6.84. The van der Waals surface area contributed by atoms with Gasteiger partial charge in [0.1, 0.15) is 17.2 Å². The lowest BCUT2D eigenvalue weighted by Gasteiger charge is -2.34. The average molecular weight is 476 g/mol. The van der Waals surface area contributed by atoms with Gasteiger partial charge < -0.3 is 24.8 Å². The highest BCUT2D eigenvalue weighted by atomic mass is 79.9. The smallest absolute Gasteiger partial charge is 0.374 e. The molecule has 10 heteroatoms. The molecule has 2 aliphatic rings. The zero-order valence-electron chi connectivity index (χ0n) is 16.4. The van der Waals surface area contributed by atoms with E-state index < -0.39 is 40.5 Å². The number of carbonyl (C=O) groups excluding carboxylic acids is 3. The van der Waals surface area contributed by atoms with Crippen molar-refractivity contribution in [3.63, 3.8) is 0 Å². The third kappa shape index (κ3) is 2.85. The summed E-state index contributed by atoms with van der Waals surface area (Å²) in [6.07, 6.45) is 0. The number of nitriles is 1. The van der Waals surface area contributed by atoms with Gasteiger partial charge in [0.25, 0.3) is 0 Å². The van der Waals surface area contributed by atoms with Gasteiger partial charge in [-0.05, 0) is 32.0 Å². The normalized spacial score (nSPS) is 20.1. The molecule has 2 heterocycles. The Balaban J connectivity index is 2.49. The minimum atomic E-state index is -2.01. The average Bonchev–Trinajstić information content (AvgIpc) is 2.90. The highest BCUT2D eigenvalue weighted by Gasteiger charge is 2.63. The van der Waals surface area contributed by atoms with E-state index in [0.717, 1.165) is 0 Å². The van der Waals surface area contributed by atoms with Gasteiger partial charge in [-0.15, -0.1) is 0 Å². The highest BCUT2D eigenvalue weighted by molar-refractivity contribution is 9.10. The van der Waals surface area contributed by atoms with Crippen LogP contribution in [0.1, 0.15) is 19.4 Å². The van der Waals surface area contributed by atoms with Gasteiger partial charge in [0.05, 0.1) is 13.2 Å². The van der Waals surface area contributed by atoms with Crippen LogP contribution < -0.4 is 10.6 Å². The molecule has 1 amide bonds. The molecule has 2 aliphatic heterocycles. The molecule has 0 bridgehead atoms. The summed E-state index contributed by atoms with van der Waals surface area (Å²) >= 11 is 3.35. The summed E-state index contributed by atoms with van der Waals surface area (Å²) in [5, 5.41) is 9.90. The summed E-state index contributed by atoms with van der Waals surface area (Å²) in [5.41, 5.74) is 3.93. The third-order valence-electron chi connectivity index (χ3n) is 4.84. The van der Waals surface area contributed by atoms with Crippen LogP contribution >= 0.6 is 15.9 Å². The number of nitrogens with zero attached hydrogens (tertiary/aromatic N) is 2. The summed E-state index contributed by atoms with van der Waals surface area (Å²) in [6.45, 7) is 3.09. The quantitative estimate of drug-likeness (QED) is 0.651. The van der Waals surface area contributed by atoms with Crippen LogP contribution in [-0.2, 0) is 34.0 Å². The van der Waals surface area contributed by atoms with Crippen molar-refractivity contribution in [1.82, 2.24) is 0 Å². The van der Waals surface area contributed by atoms with Crippen LogP contribution in [0.4, 0.5) is 5.69 Å². The Labute approximate surface area is 180 Å². The second kappa shape index (κ2) is 7.84. The van der Waals surface area contributed by atoms with Gasteiger partial charge in [0.15, 0.2) is 5.41 Å². The van der Waals surface area contributed by atoms with E-state index in [0.29, 0.717) is 10.2 Å². The molecule has 0 aliphatic carbocycles. The Kier molecular flexibility index (Phi) is 5.59. The standard InChI is InChI=1S/C20H18BrN3O6/c1-4-28-17(25)14-15(18(26)29-5-2)30-16(23)12(9-22)20(14)11-8-10(21)6-7-13(11)24(3)19(20)27/h6-8H,4-5,23H2,1-3H3. The van der Waals surface area contributed by atoms with Gasteiger partial charge in [-0.1, -0.05) is 15.9 Å². The number of nitrogens with two attached hydrogens (primary N) is 1. The van der Waals surface area contributed by atoms with Crippen LogP contribution in [-0.4, -0.2) is 38.1 Å². The van der Waals surface area contributed by atoms with Gasteiger partial charge in [-0.3, -0.25) is 4.79 Å². The number of hydrogen-bond acceptors (Lipinski definition) is 8. The van der Waals surface area contributed by atoms with Crippen molar-refractivity contribution in [2.75, 3.05) is 25.2 Å². The maximum atomic E-state index is 13.6. The number of esters is 2. The third-order valence-corrected chi connectivity index (χ3v) is 5.33. The molecule has 3 rings (SSSR count). The molecule has 0 saturated heterocycles. The van der Waals surface area contributed by atoms with Gasteiger partial charge in [0, 0.05) is 22.8 Å². The van der Waals surface area contributed by atoms with Crippen molar-refractivity contribution in [3.8, 4) is 6.07 Å². The molecule has 0 saturated carbocycles. The first-order valence-electron chi connectivity index (χ1n) is 9.00. The fourth-order valence-corrected chi connectivity index (χ4v) is 4.04. The second-order valence-corrected chi connectivity index (χ2v) is 7.29. The first-order valence-corrected chi connectivity index (χ1v) is 9.80. The lowest BCUT2D eigenvalue weighted by Crippen LogP contribution is -2.48. The van der Waals surface area contributed by atoms with Crippen LogP contribution in [0.5, 0.6) is 0 Å². The molecular formula is C20H18BrN3O6. The zero-order valence-corrected chi connectivity index (χ0v) is 18.0. The fourth-order valence-electron chi connectivity index (χ4n) is 3.68. The van der Waals surface area contributed by atoms with Crippen LogP contribution in [0.3, 0.4) is 0 Å². The Morgan fingerprint density at radius 2 is 1.90 bits per heavy atom. The van der Waals surface area contributed by atoms with Crippen molar-refractivity contribution in [1.29, 1.82) is 5.26 Å². The first-order chi connectivity index (χ1) is 14.2. The molecule has 0 aromatic heterocycles. The minimum Gasteiger partial charge on any atom is -0.462 e. The molecule has 9 nitrogen and oxygen atoms in total. The first kappa shape index (κ1) is 21.4. The fraction of sp³-hybridized carbons (Fsp3) is 0.300. The summed E-state index contributed by atoms with van der Waals surface area (Å²) in [7, 11) is 1.50. The Hall–Kier alpha value is -3.32. The lowest BCUT2D eigenvalue weighted by molar-refractivity contribution is -0.146. The highest BCUT2D eigenvalue weighted by Crippen LogP contribution is 2.54. The number of amides is 1. The summed E-state index contributed by atoms with van der Waals surface area (Å²) < 4.78 is 16.1. The molecule has 1 aromatic carbocycles. The van der Waals surface area contributed by atoms with E-state index >= 15 is 0 Å². The van der Waals surface area contributed by atoms with Gasteiger partial charge >= 0.3 is 11.9 Å². The lowest BCUT2D eigenvalue weighted by atomic mass is 9.68. The minimum absolute atomic E-state index is 0.0144. The molecule has 2 N–H and O–H groups in total. The van der Waals surface area contributed by atoms with Crippen LogP contribution in [0, 0.1) is 11.3 Å². The van der Waals surface area contributed by atoms with E-state index in [4.69, 9.17) is 19.9 Å². The van der Waals surface area contributed by atoms with E-state index in [1.165, 1.54) is 11.9 Å². The molecule has 1 atom stereocenters. The van der Waals surface area contributed by atoms with Gasteiger partial charge in [-0.25, -0.2) is 9.59 Å². The topological polar surface area (TPSA) is 132 Å². The maximum Gasteiger partial charge on any atom is 0.374 e. The molecule has 30 heavy (non-hydrogen) atoms. The number of fused-ring (bicyclic) bond motifs is 2. The predicted octanol–water partition coefficient (Wildman–Crippen LogP) is 1.77. The number of ether oxygens (including phenoxy) is 3. The number of likely N-dealkylation sites (N-methyl/N-ethyl adjacent to an activating group) is 1. The van der Waals surface area contributed by atoms with E-state index in [1.807, 2.05) is 6.07 Å². The summed E-state index contributed by atoms with van der Waals surface area (Å²) in [5.74, 6) is -3.69. The van der Waals surface area contributed by atoms with Crippen LogP contribution in [0.2, 0.25) is 0 Å². The Morgan fingerprint density at radius 1 is 1.27 bits per heavy atom. The number of carbonyl (C=O) groups is 3. The SMILES string of the molecule is CCOC(=O)C1=C(C(=O)OCC)C2(C(=O)N(C)c3ccc(Br)cc32)C(C#N)=C(N)O1. The van der Waals surface area contributed by atoms with E-state index in [-0.39, 0.29) is 24.4 Å². The van der Waals surface area contributed by atoms with Gasteiger partial charge in [-0.2, -0.15) is 5.26 Å². The number of benzene rings is 1. The number of hydrogen-bond donors (Lipinski definition) is 1. The van der Waals surface area contributed by atoms with Crippen LogP contribution in [0.25, 0.3) is 0 Å². The second-order valence-electron chi connectivity index (χ2n) is 6.37. The van der Waals surface area contributed by atoms with Crippen molar-refractivity contribution in [3.05, 3.63) is 51.0 Å². The molecule has 156 valence electrons. The largest absolute Gasteiger partial charge is 0.462 e. The predicted molar refractivity (Wildman–Crippen MR) is 107 cm³/mol. The zero-order chi connectivity index (χ0) is 22.2. The van der Waals surface area contributed by atoms with E-state index in [9.17, 15) is 19.6 Å². The Bertz CT molecular complexity index is 1070. The Morgan fingerprint density at radius 3 is 2.50 bits per heavy atom. The number of halogens is 1. The molecule has 1 aromatic rings. The molecule has 1 spiro atoms. The van der Waals surface area contributed by atoms with Crippen molar-refractivity contribution < 1.29 is 28.6 Å². The van der Waals surface area contributed by atoms with Gasteiger partial charge in [0.2, 0.25) is 17.5 Å². The number of anilines is 1. The molecule has 0 radical (unpaired) electrons. The monoisotopic (exact) mass is 475 g/mol. The summed E-state index contributed by atoms with van der Waals surface area (Å²) in [4.78, 5) is 40.6. The van der Waals surface area contributed by atoms with Crippen molar-refractivity contribution in [2.45, 2.75) is 19.3 Å². The van der Waals surface area contributed by atoms with Crippen molar-refractivity contribution in [2.24, 2.45) is 5.73 Å². The molecular weight excluding hydrogens is 458 g/mol. The van der Waals surface area contributed by atoms with E-state index in [1.54, 1.807) is 32.0 Å². The van der Waals surface area contributed by atoms with Crippen LogP contribution in [0.15, 0.2) is 45.5 Å².